The lowest BCUT2D eigenvalue weighted by atomic mass is 9.94. The molecule has 0 fully saturated rings. The molecule has 0 radical (unpaired) electrons. The third-order valence-corrected chi connectivity index (χ3v) is 4.46. The van der Waals surface area contributed by atoms with Crippen LogP contribution in [0.3, 0.4) is 0 Å². The molecule has 0 bridgehead atoms. The molecule has 6 heteroatoms. The third kappa shape index (κ3) is 2.56. The van der Waals surface area contributed by atoms with E-state index < -0.39 is 0 Å². The molecular formula is C20H16FN3O2. The second-order valence-corrected chi connectivity index (χ2v) is 6.21. The molecule has 0 aliphatic heterocycles. The van der Waals surface area contributed by atoms with E-state index in [0.717, 1.165) is 27.9 Å². The first kappa shape index (κ1) is 16.1. The number of imidazole rings is 1. The number of benzene rings is 2. The van der Waals surface area contributed by atoms with Gasteiger partial charge in [-0.15, -0.1) is 0 Å². The van der Waals surface area contributed by atoms with Gasteiger partial charge in [0.2, 0.25) is 0 Å². The number of aromatic amines is 2. The molecule has 2 aromatic carbocycles. The maximum atomic E-state index is 13.2. The Morgan fingerprint density at radius 2 is 1.88 bits per heavy atom. The van der Waals surface area contributed by atoms with Crippen LogP contribution in [-0.2, 0) is 0 Å². The number of rotatable bonds is 3. The standard InChI is InChI=1S/C20H16FN3O2/c1-10(13-4-6-15(21)7-5-13)16-8-14(18-11(2)24-26-12(18)3)9-17-19(16)23-20(25)22-17/h4-9H,1H2,2-3H3,(H2,22,23,25). The fraction of sp³-hybridized carbons (Fsp3) is 0.100. The van der Waals surface area contributed by atoms with Gasteiger partial charge in [0.25, 0.3) is 0 Å². The molecule has 0 saturated heterocycles. The number of halogens is 1. The van der Waals surface area contributed by atoms with Gasteiger partial charge >= 0.3 is 5.69 Å². The summed E-state index contributed by atoms with van der Waals surface area (Å²) >= 11 is 0. The zero-order chi connectivity index (χ0) is 18.4. The predicted molar refractivity (Wildman–Crippen MR) is 98.4 cm³/mol. The Balaban J connectivity index is 1.97. The fourth-order valence-corrected chi connectivity index (χ4v) is 3.23. The molecule has 0 saturated carbocycles. The van der Waals surface area contributed by atoms with E-state index in [-0.39, 0.29) is 11.5 Å². The summed E-state index contributed by atoms with van der Waals surface area (Å²) in [5.74, 6) is 0.379. The molecule has 5 nitrogen and oxygen atoms in total. The van der Waals surface area contributed by atoms with Gasteiger partial charge in [-0.05, 0) is 54.8 Å². The van der Waals surface area contributed by atoms with Crippen molar-refractivity contribution in [2.45, 2.75) is 13.8 Å². The minimum atomic E-state index is -0.314. The number of hydrogen-bond donors (Lipinski definition) is 2. The molecule has 0 aliphatic carbocycles. The van der Waals surface area contributed by atoms with Gasteiger partial charge in [0.15, 0.2) is 0 Å². The number of H-pyrrole nitrogens is 2. The van der Waals surface area contributed by atoms with Crippen molar-refractivity contribution in [1.82, 2.24) is 15.1 Å². The molecule has 4 rings (SSSR count). The van der Waals surface area contributed by atoms with Crippen LogP contribution in [0.15, 0.2) is 52.3 Å². The Labute approximate surface area is 148 Å². The van der Waals surface area contributed by atoms with Crippen LogP contribution in [0.25, 0.3) is 27.7 Å². The minimum Gasteiger partial charge on any atom is -0.361 e. The number of hydrogen-bond acceptors (Lipinski definition) is 3. The minimum absolute atomic E-state index is 0.302. The fourth-order valence-electron chi connectivity index (χ4n) is 3.23. The van der Waals surface area contributed by atoms with Gasteiger partial charge in [-0.2, -0.15) is 0 Å². The van der Waals surface area contributed by atoms with Crippen molar-refractivity contribution in [3.05, 3.63) is 81.9 Å². The maximum absolute atomic E-state index is 13.2. The van der Waals surface area contributed by atoms with Crippen molar-refractivity contribution in [2.75, 3.05) is 0 Å². The molecule has 2 aromatic heterocycles. The van der Waals surface area contributed by atoms with E-state index in [0.29, 0.717) is 22.4 Å². The summed E-state index contributed by atoms with van der Waals surface area (Å²) in [4.78, 5) is 17.5. The van der Waals surface area contributed by atoms with Gasteiger partial charge in [-0.25, -0.2) is 9.18 Å². The first-order valence-electron chi connectivity index (χ1n) is 8.08. The van der Waals surface area contributed by atoms with Crippen LogP contribution in [0.5, 0.6) is 0 Å². The second-order valence-electron chi connectivity index (χ2n) is 6.21. The molecule has 0 amide bonds. The SMILES string of the molecule is C=C(c1ccc(F)cc1)c1cc(-c2c(C)noc2C)cc2[nH]c(=O)[nH]c12. The van der Waals surface area contributed by atoms with Crippen molar-refractivity contribution < 1.29 is 8.91 Å². The van der Waals surface area contributed by atoms with Gasteiger partial charge < -0.3 is 14.5 Å². The summed E-state index contributed by atoms with van der Waals surface area (Å²) in [6, 6.07) is 9.91. The van der Waals surface area contributed by atoms with Gasteiger partial charge in [0, 0.05) is 11.1 Å². The molecule has 0 unspecified atom stereocenters. The summed E-state index contributed by atoms with van der Waals surface area (Å²) in [5.41, 5.74) is 5.71. The smallest absolute Gasteiger partial charge is 0.323 e. The summed E-state index contributed by atoms with van der Waals surface area (Å²) in [7, 11) is 0. The topological polar surface area (TPSA) is 74.7 Å². The van der Waals surface area contributed by atoms with Crippen molar-refractivity contribution in [2.24, 2.45) is 0 Å². The lowest BCUT2D eigenvalue weighted by molar-refractivity contribution is 0.393. The Bertz CT molecular complexity index is 1180. The van der Waals surface area contributed by atoms with E-state index in [1.165, 1.54) is 12.1 Å². The van der Waals surface area contributed by atoms with Crippen molar-refractivity contribution in [3.63, 3.8) is 0 Å². The maximum Gasteiger partial charge on any atom is 0.323 e. The Kier molecular flexibility index (Phi) is 3.61. The van der Waals surface area contributed by atoms with Crippen LogP contribution in [0.2, 0.25) is 0 Å². The van der Waals surface area contributed by atoms with E-state index in [2.05, 4.69) is 21.7 Å². The number of aromatic nitrogens is 3. The monoisotopic (exact) mass is 349 g/mol. The highest BCUT2D eigenvalue weighted by molar-refractivity contribution is 5.96. The van der Waals surface area contributed by atoms with Crippen LogP contribution >= 0.6 is 0 Å². The highest BCUT2D eigenvalue weighted by atomic mass is 19.1. The van der Waals surface area contributed by atoms with Gasteiger partial charge in [-0.1, -0.05) is 23.9 Å². The third-order valence-electron chi connectivity index (χ3n) is 4.46. The van der Waals surface area contributed by atoms with Crippen LogP contribution in [-0.4, -0.2) is 15.1 Å². The molecule has 130 valence electrons. The van der Waals surface area contributed by atoms with Gasteiger partial charge in [0.1, 0.15) is 11.6 Å². The number of aryl methyl sites for hydroxylation is 2. The lowest BCUT2D eigenvalue weighted by Gasteiger charge is -2.11. The van der Waals surface area contributed by atoms with Gasteiger partial charge in [-0.3, -0.25) is 0 Å². The largest absolute Gasteiger partial charge is 0.361 e. The first-order valence-corrected chi connectivity index (χ1v) is 8.08. The first-order chi connectivity index (χ1) is 12.4. The molecule has 2 N–H and O–H groups in total. The molecule has 26 heavy (non-hydrogen) atoms. The second kappa shape index (κ2) is 5.84. The average molecular weight is 349 g/mol. The summed E-state index contributed by atoms with van der Waals surface area (Å²) in [5, 5.41) is 4.00. The lowest BCUT2D eigenvalue weighted by Crippen LogP contribution is -1.99. The number of nitrogens with zero attached hydrogens (tertiary/aromatic N) is 1. The van der Waals surface area contributed by atoms with Crippen LogP contribution < -0.4 is 5.69 Å². The molecule has 2 heterocycles. The van der Waals surface area contributed by atoms with Crippen LogP contribution in [0, 0.1) is 19.7 Å². The average Bonchev–Trinajstić information content (AvgIpc) is 3.15. The van der Waals surface area contributed by atoms with Crippen LogP contribution in [0.4, 0.5) is 4.39 Å². The Morgan fingerprint density at radius 1 is 1.15 bits per heavy atom. The summed E-state index contributed by atoms with van der Waals surface area (Å²) in [6.45, 7) is 7.86. The zero-order valence-corrected chi connectivity index (χ0v) is 14.3. The molecular weight excluding hydrogens is 333 g/mol. The Morgan fingerprint density at radius 3 is 2.54 bits per heavy atom. The normalized spacial score (nSPS) is 11.2. The van der Waals surface area contributed by atoms with E-state index in [1.807, 2.05) is 26.0 Å². The molecule has 4 aromatic rings. The van der Waals surface area contributed by atoms with E-state index in [9.17, 15) is 9.18 Å². The highest BCUT2D eigenvalue weighted by Crippen LogP contribution is 2.34. The van der Waals surface area contributed by atoms with Crippen molar-refractivity contribution >= 4 is 16.6 Å². The van der Waals surface area contributed by atoms with Crippen molar-refractivity contribution in [3.8, 4) is 11.1 Å². The number of fused-ring (bicyclic) bond motifs is 1. The molecule has 0 atom stereocenters. The van der Waals surface area contributed by atoms with Crippen LogP contribution in [0.1, 0.15) is 22.6 Å². The van der Waals surface area contributed by atoms with E-state index in [1.54, 1.807) is 12.1 Å². The quantitative estimate of drug-likeness (QED) is 0.578. The van der Waals surface area contributed by atoms with Gasteiger partial charge in [0.05, 0.1) is 16.7 Å². The zero-order valence-electron chi connectivity index (χ0n) is 14.3. The summed E-state index contributed by atoms with van der Waals surface area (Å²) < 4.78 is 18.5. The number of nitrogens with one attached hydrogen (secondary N) is 2. The van der Waals surface area contributed by atoms with E-state index in [4.69, 9.17) is 4.52 Å². The van der Waals surface area contributed by atoms with E-state index >= 15 is 0 Å². The Hall–Kier alpha value is -3.41. The molecule has 0 aliphatic rings. The molecule has 0 spiro atoms. The summed E-state index contributed by atoms with van der Waals surface area (Å²) in [6.07, 6.45) is 0. The predicted octanol–water partition coefficient (Wildman–Crippen LogP) is 4.33. The van der Waals surface area contributed by atoms with Crippen molar-refractivity contribution in [1.29, 1.82) is 0 Å². The highest BCUT2D eigenvalue weighted by Gasteiger charge is 2.17.